The summed E-state index contributed by atoms with van der Waals surface area (Å²) in [6.07, 6.45) is 2.08. The average Bonchev–Trinajstić information content (AvgIpc) is 2.35. The Morgan fingerprint density at radius 1 is 1.80 bits per heavy atom. The van der Waals surface area contributed by atoms with Gasteiger partial charge in [0.15, 0.2) is 0 Å². The lowest BCUT2D eigenvalue weighted by molar-refractivity contribution is 0.630. The Hall–Kier alpha value is -0.990. The number of aryl methyl sites for hydroxylation is 1. The molecule has 1 aromatic rings. The lowest BCUT2D eigenvalue weighted by Crippen LogP contribution is -2.01. The Balaban J connectivity index is 2.49. The first-order valence-electron chi connectivity index (χ1n) is 3.57. The van der Waals surface area contributed by atoms with E-state index in [0.717, 1.165) is 18.2 Å². The molecule has 1 aliphatic rings. The van der Waals surface area contributed by atoms with Crippen LogP contribution in [-0.4, -0.2) is 16.1 Å². The topological polar surface area (TPSA) is 29.9 Å². The van der Waals surface area contributed by atoms with E-state index in [9.17, 15) is 0 Å². The van der Waals surface area contributed by atoms with Crippen molar-refractivity contribution in [1.29, 1.82) is 0 Å². The maximum Gasteiger partial charge on any atom is 0.203 e. The van der Waals surface area contributed by atoms with Gasteiger partial charge in [-0.25, -0.2) is 4.98 Å². The summed E-state index contributed by atoms with van der Waals surface area (Å²) in [5.41, 5.74) is 1.09. The molecule has 0 saturated heterocycles. The highest BCUT2D eigenvalue weighted by Gasteiger charge is 2.17. The van der Waals surface area contributed by atoms with Gasteiger partial charge in [0.2, 0.25) is 5.95 Å². The molecule has 0 aromatic carbocycles. The first-order chi connectivity index (χ1) is 4.77. The van der Waals surface area contributed by atoms with Crippen molar-refractivity contribution in [2.45, 2.75) is 19.9 Å². The average molecular weight is 137 g/mol. The molecule has 2 heterocycles. The number of nitrogens with zero attached hydrogens (tertiary/aromatic N) is 2. The molecule has 1 aliphatic heterocycles. The molecule has 2 rings (SSSR count). The standard InChI is InChI=1S/C7H11N3/c1-5-4-10-6(2)3-8-7(10)9-5/h4,6H,3H2,1-2H3,(H,8,9). The molecule has 0 spiro atoms. The second-order valence-electron chi connectivity index (χ2n) is 2.84. The minimum Gasteiger partial charge on any atom is -0.354 e. The van der Waals surface area contributed by atoms with Crippen LogP contribution in [0.4, 0.5) is 5.95 Å². The number of anilines is 1. The van der Waals surface area contributed by atoms with Crippen molar-refractivity contribution in [1.82, 2.24) is 9.55 Å². The third-order valence-corrected chi connectivity index (χ3v) is 1.88. The van der Waals surface area contributed by atoms with Crippen LogP contribution in [0.3, 0.4) is 0 Å². The quantitative estimate of drug-likeness (QED) is 0.582. The Labute approximate surface area is 60.1 Å². The van der Waals surface area contributed by atoms with Gasteiger partial charge in [0.1, 0.15) is 0 Å². The van der Waals surface area contributed by atoms with E-state index < -0.39 is 0 Å². The molecule has 3 heteroatoms. The van der Waals surface area contributed by atoms with E-state index in [2.05, 4.69) is 28.0 Å². The first kappa shape index (κ1) is 5.77. The van der Waals surface area contributed by atoms with Crippen LogP contribution in [0.5, 0.6) is 0 Å². The number of nitrogens with one attached hydrogen (secondary N) is 1. The molecule has 10 heavy (non-hydrogen) atoms. The van der Waals surface area contributed by atoms with Gasteiger partial charge in [-0.15, -0.1) is 0 Å². The molecule has 1 N–H and O–H groups in total. The highest BCUT2D eigenvalue weighted by Crippen LogP contribution is 2.21. The summed E-state index contributed by atoms with van der Waals surface area (Å²) < 4.78 is 2.18. The molecule has 1 aromatic heterocycles. The van der Waals surface area contributed by atoms with Crippen LogP contribution in [-0.2, 0) is 0 Å². The van der Waals surface area contributed by atoms with Gasteiger partial charge in [-0.1, -0.05) is 0 Å². The summed E-state index contributed by atoms with van der Waals surface area (Å²) in [5, 5.41) is 3.22. The van der Waals surface area contributed by atoms with E-state index in [1.807, 2.05) is 6.92 Å². The molecule has 54 valence electrons. The highest BCUT2D eigenvalue weighted by molar-refractivity contribution is 5.33. The summed E-state index contributed by atoms with van der Waals surface area (Å²) in [4.78, 5) is 4.29. The van der Waals surface area contributed by atoms with E-state index in [0.29, 0.717) is 6.04 Å². The Morgan fingerprint density at radius 2 is 2.60 bits per heavy atom. The lowest BCUT2D eigenvalue weighted by Gasteiger charge is -2.00. The smallest absolute Gasteiger partial charge is 0.203 e. The normalized spacial score (nSPS) is 22.4. The molecular weight excluding hydrogens is 126 g/mol. The van der Waals surface area contributed by atoms with Gasteiger partial charge in [-0.2, -0.15) is 0 Å². The molecule has 0 radical (unpaired) electrons. The maximum atomic E-state index is 4.29. The largest absolute Gasteiger partial charge is 0.354 e. The zero-order valence-corrected chi connectivity index (χ0v) is 6.26. The summed E-state index contributed by atoms with van der Waals surface area (Å²) in [6, 6.07) is 0.566. The third kappa shape index (κ3) is 0.632. The summed E-state index contributed by atoms with van der Waals surface area (Å²) in [5.74, 6) is 1.02. The second kappa shape index (κ2) is 1.75. The van der Waals surface area contributed by atoms with Crippen LogP contribution < -0.4 is 5.32 Å². The van der Waals surface area contributed by atoms with Gasteiger partial charge in [-0.05, 0) is 13.8 Å². The Kier molecular flexibility index (Phi) is 1.01. The SMILES string of the molecule is Cc1cn2c(n1)NCC2C. The van der Waals surface area contributed by atoms with Crippen LogP contribution in [0.2, 0.25) is 0 Å². The predicted octanol–water partition coefficient (Wildman–Crippen LogP) is 1.18. The minimum absolute atomic E-state index is 0.566. The number of fused-ring (bicyclic) bond motifs is 1. The fourth-order valence-corrected chi connectivity index (χ4v) is 1.32. The minimum atomic E-state index is 0.566. The molecule has 0 amide bonds. The van der Waals surface area contributed by atoms with Crippen molar-refractivity contribution in [2.75, 3.05) is 11.9 Å². The number of imidazole rings is 1. The van der Waals surface area contributed by atoms with Gasteiger partial charge < -0.3 is 9.88 Å². The van der Waals surface area contributed by atoms with Crippen molar-refractivity contribution in [2.24, 2.45) is 0 Å². The number of aromatic nitrogens is 2. The molecule has 3 nitrogen and oxygen atoms in total. The highest BCUT2D eigenvalue weighted by atomic mass is 15.3. The summed E-state index contributed by atoms with van der Waals surface area (Å²) in [7, 11) is 0. The van der Waals surface area contributed by atoms with Crippen LogP contribution in [0.25, 0.3) is 0 Å². The van der Waals surface area contributed by atoms with E-state index in [4.69, 9.17) is 0 Å². The van der Waals surface area contributed by atoms with Crippen molar-refractivity contribution in [3.05, 3.63) is 11.9 Å². The molecule has 0 bridgehead atoms. The van der Waals surface area contributed by atoms with Gasteiger partial charge >= 0.3 is 0 Å². The Morgan fingerprint density at radius 3 is 3.30 bits per heavy atom. The molecule has 1 unspecified atom stereocenters. The summed E-state index contributed by atoms with van der Waals surface area (Å²) in [6.45, 7) is 5.22. The van der Waals surface area contributed by atoms with Crippen LogP contribution >= 0.6 is 0 Å². The van der Waals surface area contributed by atoms with Gasteiger partial charge in [0.25, 0.3) is 0 Å². The zero-order valence-electron chi connectivity index (χ0n) is 6.26. The zero-order chi connectivity index (χ0) is 7.14. The van der Waals surface area contributed by atoms with E-state index in [1.165, 1.54) is 0 Å². The van der Waals surface area contributed by atoms with Crippen molar-refractivity contribution in [3.8, 4) is 0 Å². The van der Waals surface area contributed by atoms with Crippen LogP contribution in [0.15, 0.2) is 6.20 Å². The first-order valence-corrected chi connectivity index (χ1v) is 3.57. The van der Waals surface area contributed by atoms with E-state index >= 15 is 0 Å². The molecular formula is C7H11N3. The van der Waals surface area contributed by atoms with Gasteiger partial charge in [0.05, 0.1) is 11.7 Å². The van der Waals surface area contributed by atoms with Crippen LogP contribution in [0, 0.1) is 6.92 Å². The molecule has 0 fully saturated rings. The monoisotopic (exact) mass is 137 g/mol. The van der Waals surface area contributed by atoms with E-state index in [-0.39, 0.29) is 0 Å². The Bertz CT molecular complexity index is 251. The van der Waals surface area contributed by atoms with Gasteiger partial charge in [-0.3, -0.25) is 0 Å². The van der Waals surface area contributed by atoms with Crippen LogP contribution in [0.1, 0.15) is 18.7 Å². The lowest BCUT2D eigenvalue weighted by atomic mass is 10.3. The molecule has 1 atom stereocenters. The van der Waals surface area contributed by atoms with E-state index in [1.54, 1.807) is 0 Å². The maximum absolute atomic E-state index is 4.29. The molecule has 0 saturated carbocycles. The number of rotatable bonds is 0. The third-order valence-electron chi connectivity index (χ3n) is 1.88. The van der Waals surface area contributed by atoms with Crippen molar-refractivity contribution >= 4 is 5.95 Å². The number of hydrogen-bond donors (Lipinski definition) is 1. The second-order valence-corrected chi connectivity index (χ2v) is 2.84. The molecule has 0 aliphatic carbocycles. The van der Waals surface area contributed by atoms with Crippen molar-refractivity contribution < 1.29 is 0 Å². The fourth-order valence-electron chi connectivity index (χ4n) is 1.32. The van der Waals surface area contributed by atoms with Crippen molar-refractivity contribution in [3.63, 3.8) is 0 Å². The summed E-state index contributed by atoms with van der Waals surface area (Å²) >= 11 is 0. The predicted molar refractivity (Wildman–Crippen MR) is 40.2 cm³/mol. The van der Waals surface area contributed by atoms with Gasteiger partial charge in [0, 0.05) is 12.7 Å². The number of hydrogen-bond acceptors (Lipinski definition) is 2. The fraction of sp³-hybridized carbons (Fsp3) is 0.571.